The highest BCUT2D eigenvalue weighted by Gasteiger charge is 2.34. The molecule has 0 spiro atoms. The number of ether oxygens (including phenoxy) is 1. The van der Waals surface area contributed by atoms with Crippen molar-refractivity contribution in [2.75, 3.05) is 26.7 Å². The number of hydrogen-bond acceptors (Lipinski definition) is 3. The molecule has 1 N–H and O–H groups in total. The minimum atomic E-state index is 0.232. The lowest BCUT2D eigenvalue weighted by molar-refractivity contribution is 0.226. The maximum Gasteiger partial charge on any atom is 0.119 e. The summed E-state index contributed by atoms with van der Waals surface area (Å²) < 4.78 is 5.75. The Morgan fingerprint density at radius 3 is 2.57 bits per heavy atom. The first-order chi connectivity index (χ1) is 10.2. The number of hydrogen-bond donors (Lipinski definition) is 1. The Morgan fingerprint density at radius 2 is 2.00 bits per heavy atom. The second-order valence-electron chi connectivity index (χ2n) is 6.32. The van der Waals surface area contributed by atoms with Gasteiger partial charge in [0.15, 0.2) is 0 Å². The summed E-state index contributed by atoms with van der Waals surface area (Å²) in [7, 11) is 2.05. The van der Waals surface area contributed by atoms with E-state index < -0.39 is 0 Å². The van der Waals surface area contributed by atoms with Gasteiger partial charge in [0.2, 0.25) is 0 Å². The van der Waals surface area contributed by atoms with Crippen LogP contribution in [0.4, 0.5) is 0 Å². The van der Waals surface area contributed by atoms with E-state index in [2.05, 4.69) is 62.3 Å². The van der Waals surface area contributed by atoms with Gasteiger partial charge < -0.3 is 10.1 Å². The Kier molecular flexibility index (Phi) is 6.07. The van der Waals surface area contributed by atoms with Gasteiger partial charge in [-0.1, -0.05) is 19.1 Å². The smallest absolute Gasteiger partial charge is 0.119 e. The lowest BCUT2D eigenvalue weighted by Gasteiger charge is -2.28. The van der Waals surface area contributed by atoms with Crippen molar-refractivity contribution in [2.45, 2.75) is 45.8 Å². The van der Waals surface area contributed by atoms with Gasteiger partial charge in [0.1, 0.15) is 5.75 Å². The number of nitrogens with zero attached hydrogens (tertiary/aromatic N) is 1. The maximum atomic E-state index is 5.75. The van der Waals surface area contributed by atoms with E-state index in [1.165, 1.54) is 31.5 Å². The molecule has 0 bridgehead atoms. The number of likely N-dealkylation sites (tertiary alicyclic amines) is 1. The van der Waals surface area contributed by atoms with Crippen molar-refractivity contribution < 1.29 is 4.74 Å². The first-order valence-corrected chi connectivity index (χ1v) is 8.31. The Bertz CT molecular complexity index is 402. The van der Waals surface area contributed by atoms with Crippen LogP contribution < -0.4 is 10.1 Å². The SMILES string of the molecule is CCCN1CCC(CNC)C1c1ccc(OC(C)C)cc1. The van der Waals surface area contributed by atoms with Crippen LogP contribution in [0.2, 0.25) is 0 Å². The van der Waals surface area contributed by atoms with Crippen molar-refractivity contribution >= 4 is 0 Å². The zero-order valence-corrected chi connectivity index (χ0v) is 13.9. The van der Waals surface area contributed by atoms with Crippen LogP contribution in [0.3, 0.4) is 0 Å². The van der Waals surface area contributed by atoms with Gasteiger partial charge in [0.05, 0.1) is 6.10 Å². The van der Waals surface area contributed by atoms with Crippen molar-refractivity contribution in [1.29, 1.82) is 0 Å². The van der Waals surface area contributed by atoms with Crippen LogP contribution in [-0.4, -0.2) is 37.7 Å². The standard InChI is InChI=1S/C18H30N2O/c1-5-11-20-12-10-16(13-19-4)18(20)15-6-8-17(9-7-15)21-14(2)3/h6-9,14,16,18-19H,5,10-13H2,1-4H3. The molecular formula is C18H30N2O. The number of nitrogens with one attached hydrogen (secondary N) is 1. The number of rotatable bonds is 7. The van der Waals surface area contributed by atoms with Gasteiger partial charge >= 0.3 is 0 Å². The molecule has 1 aromatic carbocycles. The predicted octanol–water partition coefficient (Wildman–Crippen LogP) is 3.47. The third-order valence-electron chi connectivity index (χ3n) is 4.20. The van der Waals surface area contributed by atoms with Crippen LogP contribution in [0.15, 0.2) is 24.3 Å². The lowest BCUT2D eigenvalue weighted by Crippen LogP contribution is -2.29. The molecule has 1 saturated heterocycles. The highest BCUT2D eigenvalue weighted by Crippen LogP contribution is 2.37. The molecule has 0 saturated carbocycles. The average molecular weight is 290 g/mol. The summed E-state index contributed by atoms with van der Waals surface area (Å²) in [6.07, 6.45) is 2.74. The molecule has 0 aliphatic carbocycles. The van der Waals surface area contributed by atoms with Gasteiger partial charge in [-0.25, -0.2) is 0 Å². The quantitative estimate of drug-likeness (QED) is 0.832. The Hall–Kier alpha value is -1.06. The van der Waals surface area contributed by atoms with Crippen molar-refractivity contribution in [3.8, 4) is 5.75 Å². The van der Waals surface area contributed by atoms with Gasteiger partial charge in [-0.15, -0.1) is 0 Å². The van der Waals surface area contributed by atoms with Crippen LogP contribution in [-0.2, 0) is 0 Å². The summed E-state index contributed by atoms with van der Waals surface area (Å²) in [6, 6.07) is 9.28. The van der Waals surface area contributed by atoms with Crippen LogP contribution >= 0.6 is 0 Å². The molecule has 1 aliphatic rings. The molecular weight excluding hydrogens is 260 g/mol. The minimum absolute atomic E-state index is 0.232. The molecule has 118 valence electrons. The van der Waals surface area contributed by atoms with E-state index in [0.29, 0.717) is 12.0 Å². The van der Waals surface area contributed by atoms with E-state index in [9.17, 15) is 0 Å². The summed E-state index contributed by atoms with van der Waals surface area (Å²) >= 11 is 0. The van der Waals surface area contributed by atoms with Crippen LogP contribution in [0.1, 0.15) is 45.2 Å². The van der Waals surface area contributed by atoms with E-state index in [1.807, 2.05) is 0 Å². The monoisotopic (exact) mass is 290 g/mol. The highest BCUT2D eigenvalue weighted by atomic mass is 16.5. The van der Waals surface area contributed by atoms with E-state index in [4.69, 9.17) is 4.74 Å². The fourth-order valence-corrected chi connectivity index (χ4v) is 3.44. The molecule has 1 aliphatic heterocycles. The van der Waals surface area contributed by atoms with Crippen LogP contribution in [0, 0.1) is 5.92 Å². The maximum absolute atomic E-state index is 5.75. The summed E-state index contributed by atoms with van der Waals surface area (Å²) in [6.45, 7) is 9.90. The molecule has 1 heterocycles. The van der Waals surface area contributed by atoms with Crippen molar-refractivity contribution in [2.24, 2.45) is 5.92 Å². The molecule has 1 fully saturated rings. The van der Waals surface area contributed by atoms with E-state index in [0.717, 1.165) is 12.3 Å². The molecule has 0 aromatic heterocycles. The van der Waals surface area contributed by atoms with E-state index in [-0.39, 0.29) is 6.10 Å². The fourth-order valence-electron chi connectivity index (χ4n) is 3.44. The zero-order valence-electron chi connectivity index (χ0n) is 13.9. The van der Waals surface area contributed by atoms with Crippen molar-refractivity contribution in [3.05, 3.63) is 29.8 Å². The van der Waals surface area contributed by atoms with Gasteiger partial charge in [0.25, 0.3) is 0 Å². The third-order valence-corrected chi connectivity index (χ3v) is 4.20. The molecule has 0 radical (unpaired) electrons. The molecule has 3 nitrogen and oxygen atoms in total. The van der Waals surface area contributed by atoms with Gasteiger partial charge in [-0.3, -0.25) is 4.90 Å². The first-order valence-electron chi connectivity index (χ1n) is 8.31. The van der Waals surface area contributed by atoms with Gasteiger partial charge in [-0.2, -0.15) is 0 Å². The van der Waals surface area contributed by atoms with Crippen molar-refractivity contribution in [1.82, 2.24) is 10.2 Å². The molecule has 2 rings (SSSR count). The Morgan fingerprint density at radius 1 is 1.29 bits per heavy atom. The fraction of sp³-hybridized carbons (Fsp3) is 0.667. The van der Waals surface area contributed by atoms with Gasteiger partial charge in [-0.05, 0) is 77.0 Å². The summed E-state index contributed by atoms with van der Waals surface area (Å²) in [5.74, 6) is 1.68. The molecule has 3 heteroatoms. The summed E-state index contributed by atoms with van der Waals surface area (Å²) in [4.78, 5) is 2.64. The normalized spacial score (nSPS) is 22.9. The summed E-state index contributed by atoms with van der Waals surface area (Å²) in [5.41, 5.74) is 1.43. The lowest BCUT2D eigenvalue weighted by atomic mass is 9.93. The molecule has 2 atom stereocenters. The Labute approximate surface area is 129 Å². The highest BCUT2D eigenvalue weighted by molar-refractivity contribution is 5.30. The second-order valence-corrected chi connectivity index (χ2v) is 6.32. The predicted molar refractivity (Wildman–Crippen MR) is 88.8 cm³/mol. The second kappa shape index (κ2) is 7.81. The van der Waals surface area contributed by atoms with Gasteiger partial charge in [0, 0.05) is 6.04 Å². The zero-order chi connectivity index (χ0) is 15.2. The number of benzene rings is 1. The summed E-state index contributed by atoms with van der Waals surface area (Å²) in [5, 5.41) is 3.36. The first kappa shape index (κ1) is 16.3. The molecule has 2 unspecified atom stereocenters. The largest absolute Gasteiger partial charge is 0.491 e. The average Bonchev–Trinajstić information content (AvgIpc) is 2.83. The molecule has 21 heavy (non-hydrogen) atoms. The molecule has 1 aromatic rings. The minimum Gasteiger partial charge on any atom is -0.491 e. The molecule has 0 amide bonds. The van der Waals surface area contributed by atoms with E-state index >= 15 is 0 Å². The topological polar surface area (TPSA) is 24.5 Å². The van der Waals surface area contributed by atoms with Crippen LogP contribution in [0.25, 0.3) is 0 Å². The van der Waals surface area contributed by atoms with Crippen molar-refractivity contribution in [3.63, 3.8) is 0 Å². The third kappa shape index (κ3) is 4.21. The van der Waals surface area contributed by atoms with Crippen LogP contribution in [0.5, 0.6) is 5.75 Å². The van der Waals surface area contributed by atoms with E-state index in [1.54, 1.807) is 0 Å². The Balaban J connectivity index is 2.14.